The molecule has 1 aromatic carbocycles. The molecular formula is C25H34N2O9. The molecule has 36 heavy (non-hydrogen) atoms. The third-order valence-corrected chi connectivity index (χ3v) is 6.08. The quantitative estimate of drug-likeness (QED) is 0.187. The molecule has 11 heteroatoms. The molecule has 5 atom stereocenters. The normalized spacial score (nSPS) is 23.1. The van der Waals surface area contributed by atoms with Crippen molar-refractivity contribution in [3.63, 3.8) is 0 Å². The minimum Gasteiger partial charge on any atom is -0.505 e. The Morgan fingerprint density at radius 3 is 2.61 bits per heavy atom. The molecule has 1 fully saturated rings. The summed E-state index contributed by atoms with van der Waals surface area (Å²) in [6, 6.07) is 2.72. The van der Waals surface area contributed by atoms with Crippen molar-refractivity contribution in [2.75, 3.05) is 11.9 Å². The number of para-hydroxylation sites is 1. The molecular weight excluding hydrogens is 472 g/mol. The fourth-order valence-corrected chi connectivity index (χ4v) is 3.68. The van der Waals surface area contributed by atoms with Crippen molar-refractivity contribution in [3.05, 3.63) is 23.8 Å². The lowest BCUT2D eigenvalue weighted by atomic mass is 9.92. The highest BCUT2D eigenvalue weighted by Crippen LogP contribution is 2.28. The number of unbranched alkanes of at least 4 members (excludes halogenated alkanes) is 1. The second-order valence-corrected chi connectivity index (χ2v) is 8.72. The van der Waals surface area contributed by atoms with Crippen LogP contribution in [0.15, 0.2) is 18.2 Å². The second-order valence-electron chi connectivity index (χ2n) is 8.72. The maximum absolute atomic E-state index is 13.0. The molecule has 1 aliphatic rings. The molecule has 0 aromatic heterocycles. The average Bonchev–Trinajstić information content (AvgIpc) is 2.89. The molecule has 1 aromatic rings. The Morgan fingerprint density at radius 1 is 1.25 bits per heavy atom. The Kier molecular flexibility index (Phi) is 10.7. The van der Waals surface area contributed by atoms with Gasteiger partial charge in [0, 0.05) is 0 Å². The topological polar surface area (TPSA) is 157 Å². The molecule has 1 saturated heterocycles. The van der Waals surface area contributed by atoms with E-state index < -0.39 is 66.3 Å². The van der Waals surface area contributed by atoms with Gasteiger partial charge in [0.1, 0.15) is 12.7 Å². The van der Waals surface area contributed by atoms with Gasteiger partial charge in [0.2, 0.25) is 6.41 Å². The molecule has 0 aliphatic carbocycles. The van der Waals surface area contributed by atoms with Crippen molar-refractivity contribution in [1.82, 2.24) is 5.32 Å². The Hall–Kier alpha value is -3.63. The van der Waals surface area contributed by atoms with Crippen molar-refractivity contribution >= 4 is 35.9 Å². The number of carbonyl (C=O) groups excluding carboxylic acids is 5. The molecule has 0 radical (unpaired) electrons. The van der Waals surface area contributed by atoms with E-state index in [0.717, 1.165) is 6.42 Å². The summed E-state index contributed by atoms with van der Waals surface area (Å²) < 4.78 is 16.5. The Bertz CT molecular complexity index is 965. The van der Waals surface area contributed by atoms with Crippen LogP contribution in [-0.2, 0) is 33.4 Å². The van der Waals surface area contributed by atoms with E-state index in [9.17, 15) is 29.1 Å². The third-order valence-electron chi connectivity index (χ3n) is 6.08. The molecule has 3 N–H and O–H groups in total. The largest absolute Gasteiger partial charge is 0.505 e. The van der Waals surface area contributed by atoms with E-state index in [1.807, 2.05) is 13.8 Å². The zero-order chi connectivity index (χ0) is 26.8. The first kappa shape index (κ1) is 28.6. The molecule has 2 rings (SSSR count). The van der Waals surface area contributed by atoms with Gasteiger partial charge in [-0.1, -0.05) is 39.7 Å². The fraction of sp³-hybridized carbons (Fsp3) is 0.560. The van der Waals surface area contributed by atoms with E-state index in [2.05, 4.69) is 10.6 Å². The van der Waals surface area contributed by atoms with Gasteiger partial charge >= 0.3 is 17.9 Å². The highest BCUT2D eigenvalue weighted by Gasteiger charge is 2.42. The van der Waals surface area contributed by atoms with E-state index in [1.54, 1.807) is 6.92 Å². The summed E-state index contributed by atoms with van der Waals surface area (Å²) in [5.41, 5.74) is -0.213. The number of ether oxygens (including phenoxy) is 3. The summed E-state index contributed by atoms with van der Waals surface area (Å²) in [4.78, 5) is 62.0. The molecule has 0 spiro atoms. The predicted molar refractivity (Wildman–Crippen MR) is 128 cm³/mol. The summed E-state index contributed by atoms with van der Waals surface area (Å²) in [7, 11) is 0. The maximum atomic E-state index is 13.0. The number of amides is 2. The van der Waals surface area contributed by atoms with Gasteiger partial charge < -0.3 is 30.0 Å². The number of aromatic hydroxyl groups is 1. The summed E-state index contributed by atoms with van der Waals surface area (Å²) in [6.45, 7) is 6.48. The van der Waals surface area contributed by atoms with Crippen molar-refractivity contribution in [2.24, 2.45) is 11.8 Å². The highest BCUT2D eigenvalue weighted by molar-refractivity contribution is 6.01. The number of hydrogen-bond donors (Lipinski definition) is 3. The standard InChI is InChI=1S/C25H34N2O9/c1-5-7-9-17-21(36-23(31)14(3)6-2)15(4)35-25(33)19(12-34-24(17)32)27-22(30)16-10-8-11-18(20(16)29)26-13-28/h8,10-11,13-15,17,19,21,29H,5-7,9,12H2,1-4H3,(H,26,28)(H,27,30). The summed E-state index contributed by atoms with van der Waals surface area (Å²) >= 11 is 0. The summed E-state index contributed by atoms with van der Waals surface area (Å²) in [6.07, 6.45) is 0.620. The van der Waals surface area contributed by atoms with E-state index in [-0.39, 0.29) is 11.3 Å². The van der Waals surface area contributed by atoms with Crippen LogP contribution in [-0.4, -0.2) is 60.2 Å². The van der Waals surface area contributed by atoms with Crippen LogP contribution in [0, 0.1) is 11.8 Å². The van der Waals surface area contributed by atoms with Gasteiger partial charge in [-0.15, -0.1) is 0 Å². The number of nitrogens with one attached hydrogen (secondary N) is 2. The van der Waals surface area contributed by atoms with Gasteiger partial charge in [0.25, 0.3) is 5.91 Å². The number of phenolic OH excluding ortho intramolecular Hbond substituents is 1. The lowest BCUT2D eigenvalue weighted by Gasteiger charge is -2.29. The lowest BCUT2D eigenvalue weighted by Crippen LogP contribution is -2.46. The predicted octanol–water partition coefficient (Wildman–Crippen LogP) is 2.31. The van der Waals surface area contributed by atoms with Gasteiger partial charge in [0.05, 0.1) is 23.1 Å². The van der Waals surface area contributed by atoms with Gasteiger partial charge in [-0.3, -0.25) is 19.2 Å². The van der Waals surface area contributed by atoms with E-state index in [1.165, 1.54) is 25.1 Å². The first-order valence-electron chi connectivity index (χ1n) is 12.0. The van der Waals surface area contributed by atoms with E-state index in [4.69, 9.17) is 14.2 Å². The van der Waals surface area contributed by atoms with Gasteiger partial charge in [-0.2, -0.15) is 0 Å². The minimum atomic E-state index is -1.39. The van der Waals surface area contributed by atoms with Crippen LogP contribution in [0.3, 0.4) is 0 Å². The van der Waals surface area contributed by atoms with Crippen LogP contribution in [0.5, 0.6) is 5.75 Å². The van der Waals surface area contributed by atoms with Gasteiger partial charge in [0.15, 0.2) is 17.9 Å². The van der Waals surface area contributed by atoms with Crippen molar-refractivity contribution in [1.29, 1.82) is 0 Å². The maximum Gasteiger partial charge on any atom is 0.332 e. The molecule has 2 amide bonds. The van der Waals surface area contributed by atoms with Crippen LogP contribution in [0.2, 0.25) is 0 Å². The zero-order valence-electron chi connectivity index (χ0n) is 20.9. The lowest BCUT2D eigenvalue weighted by molar-refractivity contribution is -0.177. The summed E-state index contributed by atoms with van der Waals surface area (Å²) in [5, 5.41) is 14.9. The second kappa shape index (κ2) is 13.5. The number of carbonyl (C=O) groups is 5. The molecule has 5 unspecified atom stereocenters. The minimum absolute atomic E-state index is 0.000487. The van der Waals surface area contributed by atoms with Crippen LogP contribution in [0.4, 0.5) is 5.69 Å². The van der Waals surface area contributed by atoms with Crippen molar-refractivity contribution < 1.29 is 43.3 Å². The molecule has 0 saturated carbocycles. The average molecular weight is 507 g/mol. The Balaban J connectivity index is 2.28. The molecule has 0 bridgehead atoms. The zero-order valence-corrected chi connectivity index (χ0v) is 20.9. The first-order chi connectivity index (χ1) is 17.1. The SMILES string of the molecule is CCCCC1C(=O)OCC(NC(=O)c2cccc(NC=O)c2O)C(=O)OC(C)C1OC(=O)C(C)CC. The van der Waals surface area contributed by atoms with Crippen molar-refractivity contribution in [3.8, 4) is 5.75 Å². The third kappa shape index (κ3) is 7.19. The summed E-state index contributed by atoms with van der Waals surface area (Å²) in [5.74, 6) is -4.70. The monoisotopic (exact) mass is 506 g/mol. The number of benzene rings is 1. The van der Waals surface area contributed by atoms with Crippen molar-refractivity contribution in [2.45, 2.75) is 71.6 Å². The van der Waals surface area contributed by atoms with E-state index >= 15 is 0 Å². The number of anilines is 1. The van der Waals surface area contributed by atoms with Gasteiger partial charge in [-0.25, -0.2) is 4.79 Å². The molecule has 11 nitrogen and oxygen atoms in total. The number of esters is 3. The number of cyclic esters (lactones) is 2. The highest BCUT2D eigenvalue weighted by atomic mass is 16.6. The molecule has 1 aliphatic heterocycles. The van der Waals surface area contributed by atoms with Crippen LogP contribution in [0.1, 0.15) is 63.7 Å². The molecule has 1 heterocycles. The van der Waals surface area contributed by atoms with Crippen LogP contribution in [0.25, 0.3) is 0 Å². The van der Waals surface area contributed by atoms with Gasteiger partial charge in [-0.05, 0) is 31.9 Å². The number of phenols is 1. The van der Waals surface area contributed by atoms with Crippen LogP contribution < -0.4 is 10.6 Å². The Labute approximate surface area is 209 Å². The molecule has 198 valence electrons. The van der Waals surface area contributed by atoms with Crippen LogP contribution >= 0.6 is 0 Å². The Morgan fingerprint density at radius 2 is 1.97 bits per heavy atom. The fourth-order valence-electron chi connectivity index (χ4n) is 3.68. The number of hydrogen-bond acceptors (Lipinski definition) is 9. The number of rotatable bonds is 10. The van der Waals surface area contributed by atoms with E-state index in [0.29, 0.717) is 25.7 Å². The smallest absolute Gasteiger partial charge is 0.332 e. The first-order valence-corrected chi connectivity index (χ1v) is 12.0.